The molecule has 29 heavy (non-hydrogen) atoms. The van der Waals surface area contributed by atoms with Gasteiger partial charge in [-0.25, -0.2) is 4.68 Å². The predicted octanol–water partition coefficient (Wildman–Crippen LogP) is 3.44. The number of primary amides is 1. The van der Waals surface area contributed by atoms with Gasteiger partial charge in [0.1, 0.15) is 6.04 Å². The van der Waals surface area contributed by atoms with Gasteiger partial charge in [-0.15, -0.1) is 5.10 Å². The fourth-order valence-corrected chi connectivity index (χ4v) is 3.72. The number of hydrogen-bond acceptors (Lipinski definition) is 5. The van der Waals surface area contributed by atoms with Crippen LogP contribution in [-0.4, -0.2) is 34.8 Å². The molecule has 0 unspecified atom stereocenters. The van der Waals surface area contributed by atoms with Crippen molar-refractivity contribution in [2.45, 2.75) is 13.0 Å². The van der Waals surface area contributed by atoms with Gasteiger partial charge >= 0.3 is 0 Å². The maximum atomic E-state index is 12.3. The Balaban J connectivity index is 1.84. The molecular formula is C21H21ClN6O. The summed E-state index contributed by atoms with van der Waals surface area (Å²) in [5, 5.41) is 8.37. The molecule has 3 aromatic rings. The van der Waals surface area contributed by atoms with Crippen LogP contribution in [0.1, 0.15) is 18.5 Å². The zero-order valence-electron chi connectivity index (χ0n) is 16.3. The number of amides is 1. The van der Waals surface area contributed by atoms with Crippen LogP contribution < -0.4 is 16.0 Å². The van der Waals surface area contributed by atoms with E-state index in [1.54, 1.807) is 17.7 Å². The molecule has 148 valence electrons. The Morgan fingerprint density at radius 3 is 2.48 bits per heavy atom. The smallest absolute Gasteiger partial charge is 0.248 e. The van der Waals surface area contributed by atoms with Gasteiger partial charge in [0.15, 0.2) is 5.82 Å². The number of carbonyl (C=O) groups excluding carboxylic acids is 1. The molecule has 1 aliphatic rings. The summed E-state index contributed by atoms with van der Waals surface area (Å²) in [6.45, 7) is 1.80. The highest BCUT2D eigenvalue weighted by molar-refractivity contribution is 6.31. The van der Waals surface area contributed by atoms with Crippen molar-refractivity contribution < 1.29 is 4.79 Å². The van der Waals surface area contributed by atoms with Crippen molar-refractivity contribution in [3.8, 4) is 11.4 Å². The molecular weight excluding hydrogens is 388 g/mol. The Kier molecular flexibility index (Phi) is 4.76. The molecule has 8 heteroatoms. The number of nitrogens with one attached hydrogen (secondary N) is 1. The molecule has 0 saturated heterocycles. The van der Waals surface area contributed by atoms with E-state index in [1.165, 1.54) is 0 Å². The molecule has 1 aromatic heterocycles. The third-order valence-electron chi connectivity index (χ3n) is 4.96. The van der Waals surface area contributed by atoms with Crippen molar-refractivity contribution in [1.29, 1.82) is 0 Å². The van der Waals surface area contributed by atoms with Gasteiger partial charge in [0, 0.05) is 41.6 Å². The van der Waals surface area contributed by atoms with E-state index in [0.29, 0.717) is 28.1 Å². The van der Waals surface area contributed by atoms with Crippen LogP contribution in [0.2, 0.25) is 5.02 Å². The van der Waals surface area contributed by atoms with E-state index in [-0.39, 0.29) is 0 Å². The molecule has 3 N–H and O–H groups in total. The highest BCUT2D eigenvalue weighted by atomic mass is 35.5. The van der Waals surface area contributed by atoms with E-state index in [0.717, 1.165) is 16.8 Å². The molecule has 4 rings (SSSR count). The highest BCUT2D eigenvalue weighted by Gasteiger charge is 2.34. The minimum atomic E-state index is -0.556. The summed E-state index contributed by atoms with van der Waals surface area (Å²) in [6.07, 6.45) is 0. The second-order valence-corrected chi connectivity index (χ2v) is 7.50. The molecule has 1 atom stereocenters. The maximum Gasteiger partial charge on any atom is 0.248 e. The maximum absolute atomic E-state index is 12.3. The lowest BCUT2D eigenvalue weighted by Crippen LogP contribution is -2.32. The van der Waals surface area contributed by atoms with Crippen LogP contribution in [0, 0.1) is 0 Å². The molecule has 0 fully saturated rings. The Bertz CT molecular complexity index is 1120. The van der Waals surface area contributed by atoms with Gasteiger partial charge in [-0.3, -0.25) is 4.79 Å². The van der Waals surface area contributed by atoms with Gasteiger partial charge in [-0.05, 0) is 37.3 Å². The second-order valence-electron chi connectivity index (χ2n) is 7.10. The Hall–Kier alpha value is -3.32. The molecule has 1 amide bonds. The molecule has 2 heterocycles. The van der Waals surface area contributed by atoms with Crippen molar-refractivity contribution in [1.82, 2.24) is 14.8 Å². The van der Waals surface area contributed by atoms with Gasteiger partial charge in [0.05, 0.1) is 5.57 Å². The van der Waals surface area contributed by atoms with Gasteiger partial charge < -0.3 is 16.0 Å². The largest absolute Gasteiger partial charge is 0.378 e. The lowest BCUT2D eigenvalue weighted by molar-refractivity contribution is -0.115. The standard InChI is InChI=1S/C21H21ClN6O/c1-12-17(19(23)29)18(15-6-4-5-7-16(15)22)28-21(24-12)25-20(26-28)13-8-10-14(11-9-13)27(2)3/h4-11,18H,1-3H3,(H2,23,29)(H,24,25,26)/t18-/m0/s1. The Labute approximate surface area is 173 Å². The SMILES string of the molecule is CC1=C(C(N)=O)[C@H](c2ccccc2Cl)n2nc(-c3ccc(N(C)C)cc3)nc2N1. The van der Waals surface area contributed by atoms with E-state index in [4.69, 9.17) is 22.4 Å². The van der Waals surface area contributed by atoms with Gasteiger partial charge in [-0.2, -0.15) is 4.98 Å². The van der Waals surface area contributed by atoms with Crippen LogP contribution >= 0.6 is 11.6 Å². The van der Waals surface area contributed by atoms with Crippen LogP contribution in [0.4, 0.5) is 11.6 Å². The third kappa shape index (κ3) is 3.34. The number of carbonyl (C=O) groups is 1. The molecule has 0 aliphatic carbocycles. The van der Waals surface area contributed by atoms with Crippen LogP contribution in [0.25, 0.3) is 11.4 Å². The monoisotopic (exact) mass is 408 g/mol. The van der Waals surface area contributed by atoms with Crippen molar-refractivity contribution in [2.24, 2.45) is 5.73 Å². The Morgan fingerprint density at radius 1 is 1.17 bits per heavy atom. The van der Waals surface area contributed by atoms with E-state index < -0.39 is 11.9 Å². The zero-order chi connectivity index (χ0) is 20.7. The van der Waals surface area contributed by atoms with E-state index in [2.05, 4.69) is 10.3 Å². The van der Waals surface area contributed by atoms with Crippen molar-refractivity contribution in [2.75, 3.05) is 24.3 Å². The number of halogens is 1. The van der Waals surface area contributed by atoms with E-state index >= 15 is 0 Å². The van der Waals surface area contributed by atoms with Crippen LogP contribution in [-0.2, 0) is 4.79 Å². The summed E-state index contributed by atoms with van der Waals surface area (Å²) in [5.41, 5.74) is 9.45. The lowest BCUT2D eigenvalue weighted by atomic mass is 9.95. The van der Waals surface area contributed by atoms with E-state index in [1.807, 2.05) is 61.5 Å². The highest BCUT2D eigenvalue weighted by Crippen LogP contribution is 2.38. The quantitative estimate of drug-likeness (QED) is 0.690. The summed E-state index contributed by atoms with van der Waals surface area (Å²) in [6, 6.07) is 14.8. The zero-order valence-corrected chi connectivity index (χ0v) is 17.1. The van der Waals surface area contributed by atoms with Gasteiger partial charge in [0.25, 0.3) is 0 Å². The van der Waals surface area contributed by atoms with Crippen molar-refractivity contribution >= 4 is 29.1 Å². The second kappa shape index (κ2) is 7.25. The molecule has 7 nitrogen and oxygen atoms in total. The van der Waals surface area contributed by atoms with Crippen LogP contribution in [0.3, 0.4) is 0 Å². The third-order valence-corrected chi connectivity index (χ3v) is 5.30. The summed E-state index contributed by atoms with van der Waals surface area (Å²) in [7, 11) is 3.97. The van der Waals surface area contributed by atoms with E-state index in [9.17, 15) is 4.79 Å². The number of anilines is 2. The topological polar surface area (TPSA) is 89.1 Å². The normalized spacial score (nSPS) is 15.7. The first-order chi connectivity index (χ1) is 13.9. The molecule has 0 radical (unpaired) electrons. The fraction of sp³-hybridized carbons (Fsp3) is 0.190. The Morgan fingerprint density at radius 2 is 1.86 bits per heavy atom. The number of fused-ring (bicyclic) bond motifs is 1. The lowest BCUT2D eigenvalue weighted by Gasteiger charge is -2.28. The average molecular weight is 409 g/mol. The average Bonchev–Trinajstić information content (AvgIpc) is 3.11. The number of allylic oxidation sites excluding steroid dienone is 1. The molecule has 2 aromatic carbocycles. The first-order valence-electron chi connectivity index (χ1n) is 9.13. The van der Waals surface area contributed by atoms with Crippen molar-refractivity contribution in [3.05, 3.63) is 70.4 Å². The van der Waals surface area contributed by atoms with Gasteiger partial charge in [-0.1, -0.05) is 29.8 Å². The first kappa shape index (κ1) is 19.0. The first-order valence-corrected chi connectivity index (χ1v) is 9.51. The summed E-state index contributed by atoms with van der Waals surface area (Å²) in [5.74, 6) is 0.551. The number of benzene rings is 2. The minimum Gasteiger partial charge on any atom is -0.378 e. The summed E-state index contributed by atoms with van der Waals surface area (Å²) in [4.78, 5) is 18.9. The number of hydrogen-bond donors (Lipinski definition) is 2. The number of nitrogens with zero attached hydrogens (tertiary/aromatic N) is 4. The molecule has 1 aliphatic heterocycles. The number of nitrogens with two attached hydrogens (primary N) is 1. The predicted molar refractivity (Wildman–Crippen MR) is 115 cm³/mol. The molecule has 0 saturated carbocycles. The van der Waals surface area contributed by atoms with Gasteiger partial charge in [0.2, 0.25) is 11.9 Å². The number of rotatable bonds is 4. The van der Waals surface area contributed by atoms with Crippen LogP contribution in [0.15, 0.2) is 59.8 Å². The van der Waals surface area contributed by atoms with Crippen molar-refractivity contribution in [3.63, 3.8) is 0 Å². The number of aromatic nitrogens is 3. The summed E-state index contributed by atoms with van der Waals surface area (Å²) < 4.78 is 1.67. The molecule has 0 bridgehead atoms. The summed E-state index contributed by atoms with van der Waals surface area (Å²) >= 11 is 6.45. The fourth-order valence-electron chi connectivity index (χ4n) is 3.49. The van der Waals surface area contributed by atoms with Crippen LogP contribution in [0.5, 0.6) is 0 Å². The minimum absolute atomic E-state index is 0.407. The molecule has 0 spiro atoms.